The number of allylic oxidation sites excluding steroid dienone is 5. The Morgan fingerprint density at radius 1 is 1.22 bits per heavy atom. The van der Waals surface area contributed by atoms with Gasteiger partial charge in [-0.05, 0) is 28.5 Å². The first kappa shape index (κ1) is 12.3. The first-order valence-electron chi connectivity index (χ1n) is 6.02. The molecule has 1 aromatic heterocycles. The molecule has 0 fully saturated rings. The molecule has 0 atom stereocenters. The van der Waals surface area contributed by atoms with E-state index in [2.05, 4.69) is 37.7 Å². The Bertz CT molecular complexity index is 672. The third kappa shape index (κ3) is 1.78. The van der Waals surface area contributed by atoms with Gasteiger partial charge in [0.2, 0.25) is 0 Å². The van der Waals surface area contributed by atoms with Gasteiger partial charge in [0.25, 0.3) is 0 Å². The normalized spacial score (nSPS) is 15.8. The summed E-state index contributed by atoms with van der Waals surface area (Å²) in [5.41, 5.74) is 4.60. The van der Waals surface area contributed by atoms with Crippen molar-refractivity contribution in [3.63, 3.8) is 0 Å². The van der Waals surface area contributed by atoms with Crippen LogP contribution in [0.2, 0.25) is 0 Å². The van der Waals surface area contributed by atoms with Gasteiger partial charge < -0.3 is 0 Å². The van der Waals surface area contributed by atoms with E-state index in [1.807, 2.05) is 24.4 Å². The summed E-state index contributed by atoms with van der Waals surface area (Å²) in [5, 5.41) is 2.34. The third-order valence-corrected chi connectivity index (χ3v) is 3.26. The molecule has 2 rings (SSSR count). The first-order valence-corrected chi connectivity index (χ1v) is 6.02. The van der Waals surface area contributed by atoms with Crippen LogP contribution in [0.15, 0.2) is 49.7 Å². The molecule has 18 heavy (non-hydrogen) atoms. The quantitative estimate of drug-likeness (QED) is 0.784. The molecule has 1 aliphatic carbocycles. The van der Waals surface area contributed by atoms with E-state index in [0.29, 0.717) is 0 Å². The summed E-state index contributed by atoms with van der Waals surface area (Å²) in [6.45, 7) is 13.5. The van der Waals surface area contributed by atoms with Crippen LogP contribution in [0.3, 0.4) is 0 Å². The SMILES string of the molecule is C=C/C=c1/cnc2c(/c1=C/C)CC(C=C)=C2C=C. The monoisotopic (exact) mass is 235 g/mol. The molecule has 0 saturated heterocycles. The van der Waals surface area contributed by atoms with Crippen molar-refractivity contribution in [1.29, 1.82) is 0 Å². The second-order valence-corrected chi connectivity index (χ2v) is 4.17. The van der Waals surface area contributed by atoms with Crippen molar-refractivity contribution < 1.29 is 0 Å². The zero-order valence-electron chi connectivity index (χ0n) is 10.7. The molecule has 1 heteroatoms. The van der Waals surface area contributed by atoms with E-state index in [0.717, 1.165) is 22.9 Å². The van der Waals surface area contributed by atoms with Crippen molar-refractivity contribution in [2.24, 2.45) is 0 Å². The van der Waals surface area contributed by atoms with E-state index < -0.39 is 0 Å². The highest BCUT2D eigenvalue weighted by atomic mass is 14.7. The Hall–Kier alpha value is -2.15. The van der Waals surface area contributed by atoms with E-state index in [4.69, 9.17) is 0 Å². The Balaban J connectivity index is 2.80. The van der Waals surface area contributed by atoms with E-state index in [1.54, 1.807) is 6.08 Å². The first-order chi connectivity index (χ1) is 8.76. The van der Waals surface area contributed by atoms with Gasteiger partial charge in [-0.1, -0.05) is 50.1 Å². The number of hydrogen-bond donors (Lipinski definition) is 0. The number of nitrogens with zero attached hydrogens (tertiary/aromatic N) is 1. The summed E-state index contributed by atoms with van der Waals surface area (Å²) in [6.07, 6.45) is 12.4. The molecule has 1 heterocycles. The molecule has 1 aliphatic rings. The van der Waals surface area contributed by atoms with Crippen molar-refractivity contribution in [3.8, 4) is 0 Å². The van der Waals surface area contributed by atoms with Crippen LogP contribution in [0.4, 0.5) is 0 Å². The molecule has 1 aromatic rings. The van der Waals surface area contributed by atoms with Crippen molar-refractivity contribution >= 4 is 17.7 Å². The number of fused-ring (bicyclic) bond motifs is 1. The van der Waals surface area contributed by atoms with Gasteiger partial charge in [0.05, 0.1) is 5.69 Å². The molecule has 0 saturated carbocycles. The Kier molecular flexibility index (Phi) is 3.42. The van der Waals surface area contributed by atoms with Gasteiger partial charge in [0.1, 0.15) is 0 Å². The van der Waals surface area contributed by atoms with Gasteiger partial charge in [-0.3, -0.25) is 4.98 Å². The van der Waals surface area contributed by atoms with Crippen LogP contribution in [0.25, 0.3) is 17.7 Å². The predicted octanol–water partition coefficient (Wildman–Crippen LogP) is 2.53. The number of pyridine rings is 1. The smallest absolute Gasteiger partial charge is 0.0746 e. The van der Waals surface area contributed by atoms with E-state index in [1.165, 1.54) is 16.4 Å². The second kappa shape index (κ2) is 5.01. The summed E-state index contributed by atoms with van der Waals surface area (Å²) in [4.78, 5) is 4.56. The molecule has 90 valence electrons. The lowest BCUT2D eigenvalue weighted by Gasteiger charge is -2.02. The largest absolute Gasteiger partial charge is 0.255 e. The van der Waals surface area contributed by atoms with Crippen molar-refractivity contribution in [2.75, 3.05) is 0 Å². The minimum Gasteiger partial charge on any atom is -0.255 e. The van der Waals surface area contributed by atoms with Crippen LogP contribution in [-0.2, 0) is 6.42 Å². The summed E-state index contributed by atoms with van der Waals surface area (Å²) >= 11 is 0. The van der Waals surface area contributed by atoms with Crippen molar-refractivity contribution in [3.05, 3.63) is 71.4 Å². The second-order valence-electron chi connectivity index (χ2n) is 4.17. The highest BCUT2D eigenvalue weighted by molar-refractivity contribution is 5.82. The highest BCUT2D eigenvalue weighted by Gasteiger charge is 2.19. The van der Waals surface area contributed by atoms with Gasteiger partial charge in [-0.15, -0.1) is 0 Å². The molecule has 0 radical (unpaired) electrons. The lowest BCUT2D eigenvalue weighted by molar-refractivity contribution is 1.14. The van der Waals surface area contributed by atoms with Gasteiger partial charge >= 0.3 is 0 Å². The predicted molar refractivity (Wildman–Crippen MR) is 79.3 cm³/mol. The molecule has 0 amide bonds. The highest BCUT2D eigenvalue weighted by Crippen LogP contribution is 2.29. The lowest BCUT2D eigenvalue weighted by atomic mass is 10.1. The number of hydrogen-bond acceptors (Lipinski definition) is 1. The van der Waals surface area contributed by atoms with Crippen LogP contribution >= 0.6 is 0 Å². The Morgan fingerprint density at radius 2 is 2.00 bits per heavy atom. The van der Waals surface area contributed by atoms with E-state index >= 15 is 0 Å². The standard InChI is InChI=1S/C17H17N/c1-5-9-13-11-18-17-15(8-4)12(6-2)10-16(17)14(13)7-3/h5-9,11H,1-2,4,10H2,3H3/b13-9-,14-7+. The van der Waals surface area contributed by atoms with Crippen LogP contribution < -0.4 is 10.4 Å². The summed E-state index contributed by atoms with van der Waals surface area (Å²) < 4.78 is 0. The van der Waals surface area contributed by atoms with E-state index in [-0.39, 0.29) is 0 Å². The van der Waals surface area contributed by atoms with Gasteiger partial charge in [0, 0.05) is 18.2 Å². The number of rotatable bonds is 3. The summed E-state index contributed by atoms with van der Waals surface area (Å²) in [6, 6.07) is 0. The minimum absolute atomic E-state index is 0.881. The summed E-state index contributed by atoms with van der Waals surface area (Å²) in [5.74, 6) is 0. The fraction of sp³-hybridized carbons (Fsp3) is 0.118. The molecular formula is C17H17N. The molecule has 0 spiro atoms. The van der Waals surface area contributed by atoms with Crippen molar-refractivity contribution in [2.45, 2.75) is 13.3 Å². The number of aromatic nitrogens is 1. The van der Waals surface area contributed by atoms with Gasteiger partial charge in [0.15, 0.2) is 0 Å². The molecule has 0 unspecified atom stereocenters. The van der Waals surface area contributed by atoms with Crippen LogP contribution in [0.1, 0.15) is 18.2 Å². The van der Waals surface area contributed by atoms with Crippen LogP contribution in [0.5, 0.6) is 0 Å². The summed E-state index contributed by atoms with van der Waals surface area (Å²) in [7, 11) is 0. The molecule has 0 bridgehead atoms. The molecule has 0 aromatic carbocycles. The van der Waals surface area contributed by atoms with E-state index in [9.17, 15) is 0 Å². The maximum atomic E-state index is 4.56. The Labute approximate surface area is 108 Å². The molecule has 0 aliphatic heterocycles. The molecule has 1 nitrogen and oxygen atoms in total. The lowest BCUT2D eigenvalue weighted by Crippen LogP contribution is -2.29. The molecule has 0 N–H and O–H groups in total. The zero-order chi connectivity index (χ0) is 13.1. The maximum Gasteiger partial charge on any atom is 0.0746 e. The van der Waals surface area contributed by atoms with Crippen LogP contribution in [-0.4, -0.2) is 4.98 Å². The van der Waals surface area contributed by atoms with Gasteiger partial charge in [-0.25, -0.2) is 0 Å². The average Bonchev–Trinajstić information content (AvgIpc) is 2.76. The topological polar surface area (TPSA) is 12.9 Å². The fourth-order valence-electron chi connectivity index (χ4n) is 2.44. The fourth-order valence-corrected chi connectivity index (χ4v) is 2.44. The van der Waals surface area contributed by atoms with Crippen molar-refractivity contribution in [1.82, 2.24) is 4.98 Å². The third-order valence-electron chi connectivity index (χ3n) is 3.26. The van der Waals surface area contributed by atoms with Crippen LogP contribution in [0, 0.1) is 0 Å². The Morgan fingerprint density at radius 3 is 2.56 bits per heavy atom. The average molecular weight is 235 g/mol. The van der Waals surface area contributed by atoms with Gasteiger partial charge in [-0.2, -0.15) is 0 Å². The minimum atomic E-state index is 0.881. The maximum absolute atomic E-state index is 4.56. The molecular weight excluding hydrogens is 218 g/mol. The zero-order valence-corrected chi connectivity index (χ0v) is 10.7.